The molecule has 0 spiro atoms. The number of aliphatic imine (C=N–C) groups is 1. The van der Waals surface area contributed by atoms with Crippen LogP contribution in [0.1, 0.15) is 5.69 Å². The molecule has 0 radical (unpaired) electrons. The molecule has 0 saturated heterocycles. The van der Waals surface area contributed by atoms with Gasteiger partial charge in [-0.3, -0.25) is 10.1 Å². The Morgan fingerprint density at radius 3 is 3.00 bits per heavy atom. The predicted molar refractivity (Wildman–Crippen MR) is 96.7 cm³/mol. The number of nitrogens with one attached hydrogen (secondary N) is 1. The fourth-order valence-corrected chi connectivity index (χ4v) is 3.22. The summed E-state index contributed by atoms with van der Waals surface area (Å²) in [7, 11) is 0. The third-order valence-electron chi connectivity index (χ3n) is 3.19. The second-order valence-electron chi connectivity index (χ2n) is 4.71. The maximum absolute atomic E-state index is 12.4. The number of thiazole rings is 1. The first-order valence-electron chi connectivity index (χ1n) is 6.86. The van der Waals surface area contributed by atoms with Crippen molar-refractivity contribution in [3.05, 3.63) is 45.7 Å². The van der Waals surface area contributed by atoms with E-state index in [0.717, 1.165) is 5.69 Å². The van der Waals surface area contributed by atoms with Gasteiger partial charge in [-0.25, -0.2) is 9.51 Å². The lowest BCUT2D eigenvalue weighted by atomic mass is 10.1. The van der Waals surface area contributed by atoms with Crippen molar-refractivity contribution in [1.82, 2.24) is 19.9 Å². The van der Waals surface area contributed by atoms with Gasteiger partial charge in [0.1, 0.15) is 0 Å². The zero-order chi connectivity index (χ0) is 17.1. The number of rotatable bonds is 2. The highest BCUT2D eigenvalue weighted by Gasteiger charge is 2.14. The van der Waals surface area contributed by atoms with Crippen molar-refractivity contribution < 1.29 is 0 Å². The van der Waals surface area contributed by atoms with Gasteiger partial charge in [0.15, 0.2) is 17.1 Å². The number of fused-ring (bicyclic) bond motifs is 1. The fraction of sp³-hybridized carbons (Fsp3) is 0.133. The summed E-state index contributed by atoms with van der Waals surface area (Å²) >= 11 is 2.67. The smallest absolute Gasteiger partial charge is 0.271 e. The summed E-state index contributed by atoms with van der Waals surface area (Å²) in [5.74, 6) is 0. The minimum Gasteiger partial charge on any atom is -0.271 e. The summed E-state index contributed by atoms with van der Waals surface area (Å²) in [6.45, 7) is 1.90. The molecule has 0 aliphatic rings. The third-order valence-corrected chi connectivity index (χ3v) is 4.70. The second kappa shape index (κ2) is 6.82. The van der Waals surface area contributed by atoms with Crippen molar-refractivity contribution in [2.75, 3.05) is 6.26 Å². The third kappa shape index (κ3) is 3.02. The normalized spacial score (nSPS) is 11.5. The van der Waals surface area contributed by atoms with E-state index in [9.17, 15) is 4.79 Å². The average molecular weight is 356 g/mol. The Morgan fingerprint density at radius 2 is 2.25 bits per heavy atom. The number of nitriles is 1. The van der Waals surface area contributed by atoms with Crippen molar-refractivity contribution in [1.29, 1.82) is 5.26 Å². The summed E-state index contributed by atoms with van der Waals surface area (Å²) < 4.78 is 1.64. The van der Waals surface area contributed by atoms with E-state index in [1.165, 1.54) is 23.1 Å². The number of nitrogens with zero attached hydrogens (tertiary/aromatic N) is 5. The summed E-state index contributed by atoms with van der Waals surface area (Å²) in [6.07, 6.45) is 3.65. The molecule has 0 saturated carbocycles. The summed E-state index contributed by atoms with van der Waals surface area (Å²) in [5, 5.41) is 18.0. The lowest BCUT2D eigenvalue weighted by Gasteiger charge is -2.06. The van der Waals surface area contributed by atoms with Gasteiger partial charge < -0.3 is 0 Å². The molecule has 1 N–H and O–H groups in total. The summed E-state index contributed by atoms with van der Waals surface area (Å²) in [5.41, 5.74) is 1.84. The largest absolute Gasteiger partial charge is 0.300 e. The summed E-state index contributed by atoms with van der Waals surface area (Å²) in [6, 6.07) is 7.15. The van der Waals surface area contributed by atoms with Gasteiger partial charge in [-0.2, -0.15) is 15.3 Å². The van der Waals surface area contributed by atoms with Crippen molar-refractivity contribution in [3.63, 3.8) is 0 Å². The molecular weight excluding hydrogens is 344 g/mol. The van der Waals surface area contributed by atoms with E-state index in [4.69, 9.17) is 5.26 Å². The van der Waals surface area contributed by atoms with Gasteiger partial charge in [0.25, 0.3) is 0 Å². The number of thioether (sulfide) groups is 1. The molecule has 2 heterocycles. The first-order valence-corrected chi connectivity index (χ1v) is 8.97. The molecular formula is C15H12N6OS2. The van der Waals surface area contributed by atoms with E-state index in [0.29, 0.717) is 21.4 Å². The molecule has 0 aliphatic heterocycles. The van der Waals surface area contributed by atoms with Gasteiger partial charge in [0.2, 0.25) is 4.96 Å². The Bertz CT molecular complexity index is 1030. The number of aryl methyl sites for hydroxylation is 1. The second-order valence-corrected chi connectivity index (χ2v) is 6.34. The summed E-state index contributed by atoms with van der Waals surface area (Å²) in [4.78, 5) is 21.4. The van der Waals surface area contributed by atoms with Gasteiger partial charge in [-0.1, -0.05) is 30.0 Å². The fourth-order valence-electron chi connectivity index (χ4n) is 2.09. The highest BCUT2D eigenvalue weighted by Crippen LogP contribution is 2.27. The quantitative estimate of drug-likeness (QED) is 0.328. The minimum absolute atomic E-state index is 0.228. The van der Waals surface area contributed by atoms with E-state index in [1.54, 1.807) is 29.0 Å². The van der Waals surface area contributed by atoms with Crippen LogP contribution >= 0.6 is 23.1 Å². The molecule has 0 fully saturated rings. The molecule has 0 atom stereocenters. The van der Waals surface area contributed by atoms with Crippen LogP contribution in [0.25, 0.3) is 16.2 Å². The Balaban J connectivity index is 2.21. The maximum Gasteiger partial charge on any atom is 0.300 e. The van der Waals surface area contributed by atoms with Crippen LogP contribution in [0.5, 0.6) is 0 Å². The SMILES string of the molecule is CSC(=Nc1ccccc1-c1nn2c(C)csc2nc1=O)NC#N. The molecule has 3 aromatic rings. The van der Waals surface area contributed by atoms with Crippen LogP contribution in [-0.2, 0) is 0 Å². The van der Waals surface area contributed by atoms with Crippen LogP contribution in [0.3, 0.4) is 0 Å². The zero-order valence-electron chi connectivity index (χ0n) is 12.8. The molecule has 7 nitrogen and oxygen atoms in total. The molecule has 2 aromatic heterocycles. The Labute approximate surface area is 145 Å². The highest BCUT2D eigenvalue weighted by molar-refractivity contribution is 8.13. The van der Waals surface area contributed by atoms with Gasteiger partial charge in [0.05, 0.1) is 11.4 Å². The van der Waals surface area contributed by atoms with Gasteiger partial charge in [0, 0.05) is 10.9 Å². The first-order chi connectivity index (χ1) is 11.6. The van der Waals surface area contributed by atoms with Crippen LogP contribution < -0.4 is 10.9 Å². The van der Waals surface area contributed by atoms with Crippen LogP contribution in [0.4, 0.5) is 5.69 Å². The molecule has 0 amide bonds. The number of hydrogen-bond acceptors (Lipinski definition) is 7. The van der Waals surface area contributed by atoms with Gasteiger partial charge in [-0.15, -0.1) is 11.3 Å². The topological polar surface area (TPSA) is 95.4 Å². The Kier molecular flexibility index (Phi) is 4.59. The lowest BCUT2D eigenvalue weighted by Crippen LogP contribution is -2.15. The molecule has 1 aromatic carbocycles. The predicted octanol–water partition coefficient (Wildman–Crippen LogP) is 2.55. The molecule has 0 unspecified atom stereocenters. The number of benzene rings is 1. The molecule has 120 valence electrons. The highest BCUT2D eigenvalue weighted by atomic mass is 32.2. The first kappa shape index (κ1) is 16.2. The molecule has 9 heteroatoms. The van der Waals surface area contributed by atoms with Crippen molar-refractivity contribution in [3.8, 4) is 17.5 Å². The molecule has 0 bridgehead atoms. The Hall–Kier alpha value is -2.70. The van der Waals surface area contributed by atoms with E-state index in [1.807, 2.05) is 24.6 Å². The van der Waals surface area contributed by atoms with E-state index in [2.05, 4.69) is 20.4 Å². The zero-order valence-corrected chi connectivity index (χ0v) is 14.5. The van der Waals surface area contributed by atoms with Crippen molar-refractivity contribution in [2.24, 2.45) is 4.99 Å². The van der Waals surface area contributed by atoms with E-state index >= 15 is 0 Å². The number of amidine groups is 1. The van der Waals surface area contributed by atoms with Crippen molar-refractivity contribution >= 4 is 38.9 Å². The van der Waals surface area contributed by atoms with Crippen LogP contribution in [-0.4, -0.2) is 26.0 Å². The van der Waals surface area contributed by atoms with E-state index in [-0.39, 0.29) is 5.69 Å². The molecule has 24 heavy (non-hydrogen) atoms. The minimum atomic E-state index is -0.404. The van der Waals surface area contributed by atoms with E-state index < -0.39 is 5.56 Å². The van der Waals surface area contributed by atoms with Gasteiger partial charge >= 0.3 is 5.56 Å². The number of para-hydroxylation sites is 1. The molecule has 3 rings (SSSR count). The average Bonchev–Trinajstić information content (AvgIpc) is 2.94. The monoisotopic (exact) mass is 356 g/mol. The maximum atomic E-state index is 12.4. The standard InChI is InChI=1S/C15H12N6OS2/c1-9-7-24-15-19-13(22)12(20-21(9)15)10-5-3-4-6-11(10)18-14(23-2)17-8-16/h3-7H,1-2H3,(H,17,18). The number of aromatic nitrogens is 3. The van der Waals surface area contributed by atoms with Crippen LogP contribution in [0.15, 0.2) is 39.4 Å². The molecule has 0 aliphatic carbocycles. The van der Waals surface area contributed by atoms with Crippen molar-refractivity contribution in [2.45, 2.75) is 6.92 Å². The lowest BCUT2D eigenvalue weighted by molar-refractivity contribution is 0.874. The van der Waals surface area contributed by atoms with Crippen LogP contribution in [0.2, 0.25) is 0 Å². The van der Waals surface area contributed by atoms with Crippen LogP contribution in [0, 0.1) is 18.4 Å². The van der Waals surface area contributed by atoms with Gasteiger partial charge in [-0.05, 0) is 19.2 Å². The Morgan fingerprint density at radius 1 is 1.46 bits per heavy atom. The number of hydrogen-bond donors (Lipinski definition) is 1.